The molecule has 0 unspecified atom stereocenters. The molecule has 31 heavy (non-hydrogen) atoms. The molecule has 5 nitrogen and oxygen atoms in total. The quantitative estimate of drug-likeness (QED) is 0.329. The van der Waals surface area contributed by atoms with E-state index in [9.17, 15) is 9.59 Å². The van der Waals surface area contributed by atoms with E-state index in [2.05, 4.69) is 15.6 Å². The molecule has 8 heteroatoms. The minimum atomic E-state index is -0.153. The third-order valence-corrected chi connectivity index (χ3v) is 6.74. The smallest absolute Gasteiger partial charge is 0.255 e. The number of rotatable bonds is 6. The molecule has 4 aromatic rings. The maximum atomic E-state index is 12.5. The van der Waals surface area contributed by atoms with Crippen molar-refractivity contribution >= 4 is 68.1 Å². The van der Waals surface area contributed by atoms with Crippen LogP contribution in [0.2, 0.25) is 5.02 Å². The van der Waals surface area contributed by atoms with Crippen molar-refractivity contribution in [1.29, 1.82) is 0 Å². The van der Waals surface area contributed by atoms with E-state index >= 15 is 0 Å². The minimum Gasteiger partial charge on any atom is -0.325 e. The number of hydrogen-bond donors (Lipinski definition) is 2. The highest BCUT2D eigenvalue weighted by Crippen LogP contribution is 2.31. The molecule has 0 atom stereocenters. The average molecular weight is 468 g/mol. The lowest BCUT2D eigenvalue weighted by Gasteiger charge is -2.05. The number of carbonyl (C=O) groups is 2. The van der Waals surface area contributed by atoms with Gasteiger partial charge in [-0.1, -0.05) is 47.1 Å². The summed E-state index contributed by atoms with van der Waals surface area (Å²) in [6, 6.07) is 20.1. The van der Waals surface area contributed by atoms with E-state index in [4.69, 9.17) is 11.6 Å². The van der Waals surface area contributed by atoms with Gasteiger partial charge in [0.2, 0.25) is 5.91 Å². The zero-order valence-corrected chi connectivity index (χ0v) is 18.9. The first-order valence-corrected chi connectivity index (χ1v) is 11.6. The average Bonchev–Trinajstić information content (AvgIpc) is 3.14. The van der Waals surface area contributed by atoms with Gasteiger partial charge in [-0.2, -0.15) is 0 Å². The highest BCUT2D eigenvalue weighted by Gasteiger charge is 2.11. The predicted octanol–water partition coefficient (Wildman–Crippen LogP) is 6.24. The Morgan fingerprint density at radius 1 is 1.00 bits per heavy atom. The summed E-state index contributed by atoms with van der Waals surface area (Å²) < 4.78 is 1.73. The van der Waals surface area contributed by atoms with Crippen molar-refractivity contribution in [3.8, 4) is 0 Å². The van der Waals surface area contributed by atoms with E-state index < -0.39 is 0 Å². The molecule has 0 saturated heterocycles. The van der Waals surface area contributed by atoms with Gasteiger partial charge in [-0.15, -0.1) is 11.3 Å². The fourth-order valence-electron chi connectivity index (χ4n) is 2.92. The molecule has 156 valence electrons. The van der Waals surface area contributed by atoms with Gasteiger partial charge in [0.25, 0.3) is 5.91 Å². The highest BCUT2D eigenvalue weighted by atomic mass is 35.5. The number of amides is 2. The summed E-state index contributed by atoms with van der Waals surface area (Å²) in [4.78, 5) is 29.2. The second-order valence-corrected chi connectivity index (χ2v) is 9.52. The van der Waals surface area contributed by atoms with Crippen LogP contribution in [0.1, 0.15) is 15.9 Å². The molecule has 0 aliphatic heterocycles. The molecule has 0 saturated carbocycles. The molecule has 2 amide bonds. The number of nitrogens with zero attached hydrogens (tertiary/aromatic N) is 1. The lowest BCUT2D eigenvalue weighted by Crippen LogP contribution is -2.13. The molecule has 3 aromatic carbocycles. The van der Waals surface area contributed by atoms with E-state index in [1.165, 1.54) is 23.1 Å². The highest BCUT2D eigenvalue weighted by molar-refractivity contribution is 8.01. The first kappa shape index (κ1) is 21.4. The van der Waals surface area contributed by atoms with Gasteiger partial charge in [0, 0.05) is 22.0 Å². The normalized spacial score (nSPS) is 10.8. The van der Waals surface area contributed by atoms with Gasteiger partial charge in [-0.25, -0.2) is 4.98 Å². The summed E-state index contributed by atoms with van der Waals surface area (Å²) in [5.41, 5.74) is 3.85. The maximum absolute atomic E-state index is 12.5. The Balaban J connectivity index is 1.39. The van der Waals surface area contributed by atoms with Crippen molar-refractivity contribution in [2.45, 2.75) is 11.3 Å². The molecule has 4 rings (SSSR count). The molecule has 0 radical (unpaired) electrons. The number of anilines is 2. The number of carbonyl (C=O) groups excluding carboxylic acids is 2. The standard InChI is InChI=1S/C23H18ClN3O2S2/c1-14-4-2-5-15(10-14)22(29)26-18-8-9-19-20(12-18)31-23(27-19)30-13-21(28)25-17-7-3-6-16(24)11-17/h2-12H,13H2,1H3,(H,25,28)(H,26,29). The lowest BCUT2D eigenvalue weighted by atomic mass is 10.1. The van der Waals surface area contributed by atoms with Crippen LogP contribution in [0, 0.1) is 6.92 Å². The van der Waals surface area contributed by atoms with Crippen LogP contribution in [0.25, 0.3) is 10.2 Å². The molecule has 0 aliphatic carbocycles. The van der Waals surface area contributed by atoms with Crippen LogP contribution in [-0.4, -0.2) is 22.6 Å². The topological polar surface area (TPSA) is 71.1 Å². The van der Waals surface area contributed by atoms with Gasteiger partial charge < -0.3 is 10.6 Å². The summed E-state index contributed by atoms with van der Waals surface area (Å²) in [6.45, 7) is 1.95. The first-order chi connectivity index (χ1) is 15.0. The monoisotopic (exact) mass is 467 g/mol. The zero-order valence-electron chi connectivity index (χ0n) is 16.5. The van der Waals surface area contributed by atoms with Crippen LogP contribution in [0.3, 0.4) is 0 Å². The number of fused-ring (bicyclic) bond motifs is 1. The molecule has 2 N–H and O–H groups in total. The number of aryl methyl sites for hydroxylation is 1. The molecule has 0 bridgehead atoms. The Bertz CT molecular complexity index is 1270. The molecular weight excluding hydrogens is 450 g/mol. The predicted molar refractivity (Wildman–Crippen MR) is 130 cm³/mol. The van der Waals surface area contributed by atoms with Gasteiger partial charge in [0.15, 0.2) is 4.34 Å². The summed E-state index contributed by atoms with van der Waals surface area (Å²) in [5.74, 6) is -0.0407. The number of halogens is 1. The van der Waals surface area contributed by atoms with Crippen LogP contribution in [0.15, 0.2) is 71.1 Å². The number of aromatic nitrogens is 1. The van der Waals surface area contributed by atoms with Gasteiger partial charge in [0.05, 0.1) is 16.0 Å². The van der Waals surface area contributed by atoms with E-state index in [1.54, 1.807) is 30.3 Å². The number of nitrogens with one attached hydrogen (secondary N) is 2. The molecular formula is C23H18ClN3O2S2. The molecule has 0 fully saturated rings. The van der Waals surface area contributed by atoms with Crippen molar-refractivity contribution in [1.82, 2.24) is 4.98 Å². The number of hydrogen-bond acceptors (Lipinski definition) is 5. The van der Waals surface area contributed by atoms with Crippen molar-refractivity contribution in [2.75, 3.05) is 16.4 Å². The molecule has 1 heterocycles. The van der Waals surface area contributed by atoms with Crippen LogP contribution in [0.4, 0.5) is 11.4 Å². The summed E-state index contributed by atoms with van der Waals surface area (Å²) >= 11 is 8.80. The maximum Gasteiger partial charge on any atom is 0.255 e. The van der Waals surface area contributed by atoms with Crippen LogP contribution in [-0.2, 0) is 4.79 Å². The Morgan fingerprint density at radius 2 is 1.81 bits per heavy atom. The fourth-order valence-corrected chi connectivity index (χ4v) is 5.02. The third-order valence-electron chi connectivity index (χ3n) is 4.34. The summed E-state index contributed by atoms with van der Waals surface area (Å²) in [5, 5.41) is 6.32. The van der Waals surface area contributed by atoms with E-state index in [0.717, 1.165) is 20.1 Å². The van der Waals surface area contributed by atoms with E-state index in [1.807, 2.05) is 43.3 Å². The van der Waals surface area contributed by atoms with Crippen molar-refractivity contribution < 1.29 is 9.59 Å². The Kier molecular flexibility index (Phi) is 6.56. The third kappa shape index (κ3) is 5.64. The van der Waals surface area contributed by atoms with E-state index in [-0.39, 0.29) is 17.6 Å². The number of thiazole rings is 1. The first-order valence-electron chi connectivity index (χ1n) is 9.43. The number of benzene rings is 3. The zero-order chi connectivity index (χ0) is 21.8. The summed E-state index contributed by atoms with van der Waals surface area (Å²) in [7, 11) is 0. The SMILES string of the molecule is Cc1cccc(C(=O)Nc2ccc3nc(SCC(=O)Nc4cccc(Cl)c4)sc3c2)c1. The largest absolute Gasteiger partial charge is 0.325 e. The second-order valence-electron chi connectivity index (χ2n) is 6.83. The molecule has 1 aromatic heterocycles. The van der Waals surface area contributed by atoms with Gasteiger partial charge in [0.1, 0.15) is 0 Å². The van der Waals surface area contributed by atoms with Gasteiger partial charge in [-0.05, 0) is 55.5 Å². The Hall–Kier alpha value is -2.87. The Labute approximate surface area is 192 Å². The van der Waals surface area contributed by atoms with Crippen LogP contribution < -0.4 is 10.6 Å². The van der Waals surface area contributed by atoms with Crippen molar-refractivity contribution in [2.24, 2.45) is 0 Å². The van der Waals surface area contributed by atoms with E-state index in [0.29, 0.717) is 22.0 Å². The Morgan fingerprint density at radius 3 is 2.61 bits per heavy atom. The number of thioether (sulfide) groups is 1. The van der Waals surface area contributed by atoms with Gasteiger partial charge in [-0.3, -0.25) is 9.59 Å². The van der Waals surface area contributed by atoms with Crippen molar-refractivity contribution in [3.63, 3.8) is 0 Å². The fraction of sp³-hybridized carbons (Fsp3) is 0.0870. The molecule has 0 spiro atoms. The summed E-state index contributed by atoms with van der Waals surface area (Å²) in [6.07, 6.45) is 0. The molecule has 0 aliphatic rings. The van der Waals surface area contributed by atoms with Crippen LogP contribution in [0.5, 0.6) is 0 Å². The van der Waals surface area contributed by atoms with Crippen LogP contribution >= 0.6 is 34.7 Å². The minimum absolute atomic E-state index is 0.127. The second kappa shape index (κ2) is 9.51. The lowest BCUT2D eigenvalue weighted by molar-refractivity contribution is -0.113. The van der Waals surface area contributed by atoms with Gasteiger partial charge >= 0.3 is 0 Å². The van der Waals surface area contributed by atoms with Crippen molar-refractivity contribution in [3.05, 3.63) is 82.9 Å².